The second-order valence-corrected chi connectivity index (χ2v) is 4.13. The van der Waals surface area contributed by atoms with E-state index in [9.17, 15) is 4.79 Å². The molecule has 2 aromatic carbocycles. The van der Waals surface area contributed by atoms with E-state index < -0.39 is 0 Å². The number of esters is 1. The van der Waals surface area contributed by atoms with Gasteiger partial charge < -0.3 is 15.4 Å². The molecule has 0 aliphatic carbocycles. The Morgan fingerprint density at radius 2 is 1.63 bits per heavy atom. The lowest BCUT2D eigenvalue weighted by atomic mass is 10.1. The van der Waals surface area contributed by atoms with Crippen LogP contribution in [0, 0.1) is 0 Å². The summed E-state index contributed by atoms with van der Waals surface area (Å²) in [6.45, 7) is 0. The molecule has 0 heterocycles. The van der Waals surface area contributed by atoms with Crippen LogP contribution in [0.5, 0.6) is 0 Å². The van der Waals surface area contributed by atoms with Crippen molar-refractivity contribution < 1.29 is 9.53 Å². The van der Waals surface area contributed by atoms with E-state index in [-0.39, 0.29) is 5.97 Å². The molecule has 0 spiro atoms. The summed E-state index contributed by atoms with van der Waals surface area (Å²) in [5, 5.41) is 0. The highest BCUT2D eigenvalue weighted by atomic mass is 16.5. The summed E-state index contributed by atoms with van der Waals surface area (Å²) >= 11 is 0. The molecule has 0 amide bonds. The maximum absolute atomic E-state index is 11.8. The Balaban J connectivity index is 2.48. The second-order valence-electron chi connectivity index (χ2n) is 4.13. The van der Waals surface area contributed by atoms with Gasteiger partial charge in [0.05, 0.1) is 29.7 Å². The van der Waals surface area contributed by atoms with Crippen molar-refractivity contribution in [1.29, 1.82) is 0 Å². The lowest BCUT2D eigenvalue weighted by Crippen LogP contribution is -2.16. The molecule has 0 bridgehead atoms. The monoisotopic (exact) mass is 256 g/mol. The lowest BCUT2D eigenvalue weighted by Gasteiger charge is -2.23. The Kier molecular flexibility index (Phi) is 3.71. The summed E-state index contributed by atoms with van der Waals surface area (Å²) in [6, 6.07) is 14.8. The number of carbonyl (C=O) groups is 1. The fourth-order valence-corrected chi connectivity index (χ4v) is 1.97. The lowest BCUT2D eigenvalue weighted by molar-refractivity contribution is 0.0601. The second kappa shape index (κ2) is 5.44. The highest BCUT2D eigenvalue weighted by Gasteiger charge is 2.16. The molecule has 0 aliphatic heterocycles. The number of nitrogens with two attached hydrogens (primary N) is 1. The van der Waals surface area contributed by atoms with Gasteiger partial charge in [-0.2, -0.15) is 0 Å². The van der Waals surface area contributed by atoms with Gasteiger partial charge in [-0.15, -0.1) is 0 Å². The first kappa shape index (κ1) is 13.0. The van der Waals surface area contributed by atoms with E-state index in [2.05, 4.69) is 0 Å². The number of nitrogen functional groups attached to an aromatic ring is 1. The van der Waals surface area contributed by atoms with Crippen LogP contribution in [0.25, 0.3) is 0 Å². The number of hydrogen-bond donors (Lipinski definition) is 1. The van der Waals surface area contributed by atoms with E-state index in [1.165, 1.54) is 7.11 Å². The molecule has 2 aromatic rings. The number of anilines is 3. The van der Waals surface area contributed by atoms with E-state index >= 15 is 0 Å². The van der Waals surface area contributed by atoms with E-state index in [4.69, 9.17) is 10.5 Å². The number of benzene rings is 2. The van der Waals surface area contributed by atoms with Gasteiger partial charge in [0.25, 0.3) is 0 Å². The highest BCUT2D eigenvalue weighted by Crippen LogP contribution is 2.31. The topological polar surface area (TPSA) is 55.6 Å². The van der Waals surface area contributed by atoms with Crippen LogP contribution < -0.4 is 10.6 Å². The number of hydrogen-bond acceptors (Lipinski definition) is 4. The van der Waals surface area contributed by atoms with E-state index in [0.29, 0.717) is 11.3 Å². The summed E-state index contributed by atoms with van der Waals surface area (Å²) < 4.78 is 4.80. The summed E-state index contributed by atoms with van der Waals surface area (Å²) in [5.41, 5.74) is 8.73. The molecule has 98 valence electrons. The summed E-state index contributed by atoms with van der Waals surface area (Å²) in [7, 11) is 3.24. The van der Waals surface area contributed by atoms with Crippen molar-refractivity contribution in [2.45, 2.75) is 0 Å². The van der Waals surface area contributed by atoms with E-state index in [0.717, 1.165) is 11.4 Å². The molecule has 0 aliphatic rings. The zero-order valence-electron chi connectivity index (χ0n) is 11.0. The standard InChI is InChI=1S/C15H16N2O2/c1-17(14-10-6-4-8-12(14)16)13-9-5-3-7-11(13)15(18)19-2/h3-10H,16H2,1-2H3. The molecule has 4 nitrogen and oxygen atoms in total. The molecule has 0 unspecified atom stereocenters. The van der Waals surface area contributed by atoms with Crippen LogP contribution >= 0.6 is 0 Å². The normalized spacial score (nSPS) is 10.0. The minimum atomic E-state index is -0.364. The van der Waals surface area contributed by atoms with E-state index in [1.54, 1.807) is 12.1 Å². The molecule has 2 rings (SSSR count). The zero-order valence-corrected chi connectivity index (χ0v) is 11.0. The first-order valence-electron chi connectivity index (χ1n) is 5.90. The molecule has 19 heavy (non-hydrogen) atoms. The van der Waals surface area contributed by atoms with Gasteiger partial charge in [-0.1, -0.05) is 24.3 Å². The fourth-order valence-electron chi connectivity index (χ4n) is 1.97. The molecule has 0 radical (unpaired) electrons. The van der Waals surface area contributed by atoms with Gasteiger partial charge in [-0.3, -0.25) is 0 Å². The Bertz CT molecular complexity index is 596. The van der Waals surface area contributed by atoms with E-state index in [1.807, 2.05) is 48.3 Å². The summed E-state index contributed by atoms with van der Waals surface area (Å²) in [5.74, 6) is -0.364. The first-order chi connectivity index (χ1) is 9.15. The molecule has 0 fully saturated rings. The van der Waals surface area contributed by atoms with Gasteiger partial charge in [0.2, 0.25) is 0 Å². The van der Waals surface area contributed by atoms with Gasteiger partial charge in [0, 0.05) is 7.05 Å². The van der Waals surface area contributed by atoms with Crippen molar-refractivity contribution in [3.05, 3.63) is 54.1 Å². The Morgan fingerprint density at radius 1 is 1.05 bits per heavy atom. The average molecular weight is 256 g/mol. The van der Waals surface area contributed by atoms with Crippen LogP contribution in [0.4, 0.5) is 17.1 Å². The predicted molar refractivity (Wildman–Crippen MR) is 76.7 cm³/mol. The van der Waals surface area contributed by atoms with Gasteiger partial charge in [-0.25, -0.2) is 4.79 Å². The quantitative estimate of drug-likeness (QED) is 0.677. The largest absolute Gasteiger partial charge is 0.465 e. The number of rotatable bonds is 3. The van der Waals surface area contributed by atoms with Crippen molar-refractivity contribution in [2.24, 2.45) is 0 Å². The van der Waals surface area contributed by atoms with Gasteiger partial charge in [-0.05, 0) is 24.3 Å². The zero-order chi connectivity index (χ0) is 13.8. The average Bonchev–Trinajstić information content (AvgIpc) is 2.46. The van der Waals surface area contributed by atoms with Crippen LogP contribution in [0.1, 0.15) is 10.4 Å². The minimum absolute atomic E-state index is 0.364. The van der Waals surface area contributed by atoms with Crippen LogP contribution in [-0.4, -0.2) is 20.1 Å². The predicted octanol–water partition coefficient (Wildman–Crippen LogP) is 2.82. The Hall–Kier alpha value is -2.49. The number of methoxy groups -OCH3 is 1. The number of ether oxygens (including phenoxy) is 1. The van der Waals surface area contributed by atoms with Crippen molar-refractivity contribution in [2.75, 3.05) is 24.8 Å². The van der Waals surface area contributed by atoms with Gasteiger partial charge in [0.15, 0.2) is 0 Å². The van der Waals surface area contributed by atoms with Gasteiger partial charge >= 0.3 is 5.97 Å². The summed E-state index contributed by atoms with van der Waals surface area (Å²) in [6.07, 6.45) is 0. The molecule has 4 heteroatoms. The van der Waals surface area contributed by atoms with Crippen LogP contribution in [0.2, 0.25) is 0 Å². The third-order valence-corrected chi connectivity index (χ3v) is 2.97. The van der Waals surface area contributed by atoms with Crippen LogP contribution in [0.15, 0.2) is 48.5 Å². The van der Waals surface area contributed by atoms with Crippen molar-refractivity contribution >= 4 is 23.0 Å². The summed E-state index contributed by atoms with van der Waals surface area (Å²) in [4.78, 5) is 13.7. The molecule has 0 atom stereocenters. The molecular formula is C15H16N2O2. The number of para-hydroxylation sites is 3. The molecular weight excluding hydrogens is 240 g/mol. The van der Waals surface area contributed by atoms with Crippen molar-refractivity contribution in [3.8, 4) is 0 Å². The third kappa shape index (κ3) is 2.52. The smallest absolute Gasteiger partial charge is 0.339 e. The minimum Gasteiger partial charge on any atom is -0.465 e. The van der Waals surface area contributed by atoms with Crippen molar-refractivity contribution in [3.63, 3.8) is 0 Å². The highest BCUT2D eigenvalue weighted by molar-refractivity contribution is 5.97. The van der Waals surface area contributed by atoms with Crippen LogP contribution in [-0.2, 0) is 4.74 Å². The number of nitrogens with zero attached hydrogens (tertiary/aromatic N) is 1. The van der Waals surface area contributed by atoms with Crippen molar-refractivity contribution in [1.82, 2.24) is 0 Å². The van der Waals surface area contributed by atoms with Gasteiger partial charge in [0.1, 0.15) is 0 Å². The third-order valence-electron chi connectivity index (χ3n) is 2.97. The maximum Gasteiger partial charge on any atom is 0.339 e. The Labute approximate surface area is 112 Å². The Morgan fingerprint density at radius 3 is 2.26 bits per heavy atom. The fraction of sp³-hybridized carbons (Fsp3) is 0.133. The SMILES string of the molecule is COC(=O)c1ccccc1N(C)c1ccccc1N. The van der Waals surface area contributed by atoms with Crippen LogP contribution in [0.3, 0.4) is 0 Å². The number of carbonyl (C=O) groups excluding carboxylic acids is 1. The molecule has 0 saturated carbocycles. The first-order valence-corrected chi connectivity index (χ1v) is 5.90. The molecule has 0 aromatic heterocycles. The maximum atomic E-state index is 11.8. The molecule has 2 N–H and O–H groups in total. The molecule has 0 saturated heterocycles.